The quantitative estimate of drug-likeness (QED) is 0.858. The Balaban J connectivity index is 2.30. The Morgan fingerprint density at radius 2 is 1.85 bits per heavy atom. The van der Waals surface area contributed by atoms with Gasteiger partial charge in [0.1, 0.15) is 0 Å². The van der Waals surface area contributed by atoms with Gasteiger partial charge in [0.25, 0.3) is 0 Å². The maximum absolute atomic E-state index is 12.4. The van der Waals surface area contributed by atoms with Crippen LogP contribution in [0.5, 0.6) is 0 Å². The van der Waals surface area contributed by atoms with Crippen molar-refractivity contribution in [1.29, 1.82) is 0 Å². The number of amides is 2. The van der Waals surface area contributed by atoms with Crippen molar-refractivity contribution >= 4 is 11.7 Å². The van der Waals surface area contributed by atoms with Gasteiger partial charge in [-0.25, -0.2) is 4.79 Å². The molecule has 1 aromatic heterocycles. The molecule has 2 rings (SSSR count). The summed E-state index contributed by atoms with van der Waals surface area (Å²) in [5, 5.41) is 0. The van der Waals surface area contributed by atoms with E-state index in [-0.39, 0.29) is 6.03 Å². The second-order valence-electron chi connectivity index (χ2n) is 4.96. The number of rotatable bonds is 3. The zero-order chi connectivity index (χ0) is 14.5. The van der Waals surface area contributed by atoms with E-state index in [1.54, 1.807) is 36.3 Å². The molecule has 4 nitrogen and oxygen atoms in total. The topological polar surface area (TPSA) is 36.4 Å². The Labute approximate surface area is 119 Å². The van der Waals surface area contributed by atoms with E-state index in [1.165, 1.54) is 5.56 Å². The highest BCUT2D eigenvalue weighted by Crippen LogP contribution is 2.19. The molecule has 4 heteroatoms. The van der Waals surface area contributed by atoms with Crippen molar-refractivity contribution in [3.63, 3.8) is 0 Å². The van der Waals surface area contributed by atoms with E-state index in [4.69, 9.17) is 0 Å². The van der Waals surface area contributed by atoms with Crippen LogP contribution in [-0.2, 0) is 6.54 Å². The SMILES string of the molecule is Cc1ccc(N(Cc2cccnc2)C(=O)N(C)C)cc1. The standard InChI is InChI=1S/C16H19N3O/c1-13-6-8-15(9-7-13)19(16(20)18(2)3)12-14-5-4-10-17-11-14/h4-11H,12H2,1-3H3. The zero-order valence-corrected chi connectivity index (χ0v) is 12.1. The molecule has 0 radical (unpaired) electrons. The number of hydrogen-bond acceptors (Lipinski definition) is 2. The average molecular weight is 269 g/mol. The van der Waals surface area contributed by atoms with Gasteiger partial charge in [-0.15, -0.1) is 0 Å². The fraction of sp³-hybridized carbons (Fsp3) is 0.250. The van der Waals surface area contributed by atoms with E-state index >= 15 is 0 Å². The molecule has 0 N–H and O–H groups in total. The summed E-state index contributed by atoms with van der Waals surface area (Å²) < 4.78 is 0. The lowest BCUT2D eigenvalue weighted by atomic mass is 10.2. The Kier molecular flexibility index (Phi) is 4.35. The Morgan fingerprint density at radius 3 is 2.40 bits per heavy atom. The first kappa shape index (κ1) is 14.1. The van der Waals surface area contributed by atoms with Gasteiger partial charge in [0.05, 0.1) is 6.54 Å². The van der Waals surface area contributed by atoms with Gasteiger partial charge in [-0.1, -0.05) is 23.8 Å². The minimum atomic E-state index is -0.0438. The van der Waals surface area contributed by atoms with E-state index in [9.17, 15) is 4.79 Å². The predicted molar refractivity (Wildman–Crippen MR) is 80.7 cm³/mol. The largest absolute Gasteiger partial charge is 0.330 e. The summed E-state index contributed by atoms with van der Waals surface area (Å²) >= 11 is 0. The second kappa shape index (κ2) is 6.19. The van der Waals surface area contributed by atoms with Crippen molar-refractivity contribution < 1.29 is 4.79 Å². The van der Waals surface area contributed by atoms with E-state index in [0.29, 0.717) is 6.54 Å². The molecular weight excluding hydrogens is 250 g/mol. The minimum Gasteiger partial charge on any atom is -0.330 e. The van der Waals surface area contributed by atoms with Crippen molar-refractivity contribution in [3.05, 3.63) is 59.9 Å². The van der Waals surface area contributed by atoms with Gasteiger partial charge in [-0.05, 0) is 30.7 Å². The van der Waals surface area contributed by atoms with Crippen LogP contribution in [-0.4, -0.2) is 30.0 Å². The van der Waals surface area contributed by atoms with Gasteiger partial charge in [0.2, 0.25) is 0 Å². The van der Waals surface area contributed by atoms with Crippen LogP contribution in [0.1, 0.15) is 11.1 Å². The fourth-order valence-corrected chi connectivity index (χ4v) is 1.91. The van der Waals surface area contributed by atoms with Crippen LogP contribution in [0.2, 0.25) is 0 Å². The van der Waals surface area contributed by atoms with Gasteiger partial charge in [-0.2, -0.15) is 0 Å². The first-order valence-electron chi connectivity index (χ1n) is 6.52. The third-order valence-electron chi connectivity index (χ3n) is 3.02. The normalized spacial score (nSPS) is 10.2. The van der Waals surface area contributed by atoms with E-state index in [1.807, 2.05) is 43.3 Å². The number of carbonyl (C=O) groups excluding carboxylic acids is 1. The molecule has 0 unspecified atom stereocenters. The fourth-order valence-electron chi connectivity index (χ4n) is 1.91. The van der Waals surface area contributed by atoms with E-state index < -0.39 is 0 Å². The molecule has 1 aromatic carbocycles. The molecule has 104 valence electrons. The Hall–Kier alpha value is -2.36. The number of hydrogen-bond donors (Lipinski definition) is 0. The number of urea groups is 1. The first-order chi connectivity index (χ1) is 9.58. The smallest absolute Gasteiger partial charge is 0.324 e. The lowest BCUT2D eigenvalue weighted by Crippen LogP contribution is -2.38. The Morgan fingerprint density at radius 1 is 1.15 bits per heavy atom. The van der Waals surface area contributed by atoms with Crippen LogP contribution in [0, 0.1) is 6.92 Å². The van der Waals surface area contributed by atoms with Gasteiger partial charge < -0.3 is 4.90 Å². The first-order valence-corrected chi connectivity index (χ1v) is 6.52. The highest BCUT2D eigenvalue weighted by molar-refractivity contribution is 5.91. The summed E-state index contributed by atoms with van der Waals surface area (Å²) in [6.07, 6.45) is 3.51. The van der Waals surface area contributed by atoms with Gasteiger partial charge in [0, 0.05) is 32.2 Å². The third-order valence-corrected chi connectivity index (χ3v) is 3.02. The molecule has 1 heterocycles. The Bertz CT molecular complexity index is 564. The number of aryl methyl sites for hydroxylation is 1. The molecule has 0 atom stereocenters. The third kappa shape index (κ3) is 3.35. The molecule has 0 aliphatic rings. The van der Waals surface area contributed by atoms with E-state index in [0.717, 1.165) is 11.3 Å². The molecule has 0 saturated heterocycles. The number of benzene rings is 1. The van der Waals surface area contributed by atoms with Crippen molar-refractivity contribution in [2.24, 2.45) is 0 Å². The molecule has 0 fully saturated rings. The lowest BCUT2D eigenvalue weighted by Gasteiger charge is -2.26. The van der Waals surface area contributed by atoms with Gasteiger partial charge in [-0.3, -0.25) is 9.88 Å². The van der Waals surface area contributed by atoms with Gasteiger partial charge >= 0.3 is 6.03 Å². The number of aromatic nitrogens is 1. The second-order valence-corrected chi connectivity index (χ2v) is 4.96. The molecule has 20 heavy (non-hydrogen) atoms. The molecule has 0 aliphatic carbocycles. The summed E-state index contributed by atoms with van der Waals surface area (Å²) in [7, 11) is 3.51. The molecule has 0 spiro atoms. The summed E-state index contributed by atoms with van der Waals surface area (Å²) in [5.74, 6) is 0. The summed E-state index contributed by atoms with van der Waals surface area (Å²) in [5.41, 5.74) is 3.06. The summed E-state index contributed by atoms with van der Waals surface area (Å²) in [4.78, 5) is 19.8. The van der Waals surface area contributed by atoms with Crippen molar-refractivity contribution in [3.8, 4) is 0 Å². The summed E-state index contributed by atoms with van der Waals surface area (Å²) in [6.45, 7) is 2.54. The molecule has 2 amide bonds. The molecular formula is C16H19N3O. The van der Waals surface area contributed by atoms with Crippen molar-refractivity contribution in [1.82, 2.24) is 9.88 Å². The maximum Gasteiger partial charge on any atom is 0.324 e. The molecule has 2 aromatic rings. The molecule has 0 bridgehead atoms. The summed E-state index contributed by atoms with van der Waals surface area (Å²) in [6, 6.07) is 11.8. The highest BCUT2D eigenvalue weighted by Gasteiger charge is 2.17. The van der Waals surface area contributed by atoms with Crippen LogP contribution in [0.25, 0.3) is 0 Å². The molecule has 0 aliphatic heterocycles. The lowest BCUT2D eigenvalue weighted by molar-refractivity contribution is 0.223. The van der Waals surface area contributed by atoms with Crippen LogP contribution in [0.4, 0.5) is 10.5 Å². The minimum absolute atomic E-state index is 0.0438. The molecule has 0 saturated carbocycles. The van der Waals surface area contributed by atoms with E-state index in [2.05, 4.69) is 4.98 Å². The number of nitrogens with zero attached hydrogens (tertiary/aromatic N) is 3. The van der Waals surface area contributed by atoms with Crippen molar-refractivity contribution in [2.45, 2.75) is 13.5 Å². The van der Waals surface area contributed by atoms with Crippen LogP contribution < -0.4 is 4.90 Å². The van der Waals surface area contributed by atoms with Crippen LogP contribution in [0.3, 0.4) is 0 Å². The zero-order valence-electron chi connectivity index (χ0n) is 12.1. The maximum atomic E-state index is 12.4. The number of anilines is 1. The van der Waals surface area contributed by atoms with Crippen LogP contribution in [0.15, 0.2) is 48.8 Å². The van der Waals surface area contributed by atoms with Crippen LogP contribution >= 0.6 is 0 Å². The number of carbonyl (C=O) groups is 1. The average Bonchev–Trinajstić information content (AvgIpc) is 2.46. The monoisotopic (exact) mass is 269 g/mol. The van der Waals surface area contributed by atoms with Gasteiger partial charge in [0.15, 0.2) is 0 Å². The predicted octanol–water partition coefficient (Wildman–Crippen LogP) is 3.08. The van der Waals surface area contributed by atoms with Crippen molar-refractivity contribution in [2.75, 3.05) is 19.0 Å². The highest BCUT2D eigenvalue weighted by atomic mass is 16.2. The number of pyridine rings is 1.